The Kier molecular flexibility index (Phi) is 5.71. The van der Waals surface area contributed by atoms with Gasteiger partial charge in [-0.1, -0.05) is 12.1 Å². The molecule has 1 aromatic heterocycles. The molecular weight excluding hydrogens is 428 g/mol. The summed E-state index contributed by atoms with van der Waals surface area (Å²) in [6, 6.07) is 14.2. The molecule has 8 nitrogen and oxygen atoms in total. The van der Waals surface area contributed by atoms with Crippen molar-refractivity contribution in [2.75, 3.05) is 25.0 Å². The number of nitrogens with zero attached hydrogens (tertiary/aromatic N) is 2. The zero-order valence-corrected chi connectivity index (χ0v) is 18.5. The van der Waals surface area contributed by atoms with Crippen molar-refractivity contribution >= 4 is 32.7 Å². The van der Waals surface area contributed by atoms with E-state index in [0.717, 1.165) is 23.3 Å². The number of para-hydroxylation sites is 2. The number of ether oxygens (including phenoxy) is 1. The maximum absolute atomic E-state index is 13.1. The Hall–Kier alpha value is -2.75. The first-order chi connectivity index (χ1) is 15.5. The minimum absolute atomic E-state index is 0.189. The Morgan fingerprint density at radius 3 is 2.50 bits per heavy atom. The summed E-state index contributed by atoms with van der Waals surface area (Å²) in [6.07, 6.45) is 2.60. The van der Waals surface area contributed by atoms with E-state index in [1.54, 1.807) is 24.3 Å². The molecule has 0 saturated carbocycles. The van der Waals surface area contributed by atoms with Crippen LogP contribution in [0.15, 0.2) is 53.4 Å². The van der Waals surface area contributed by atoms with E-state index in [0.29, 0.717) is 44.6 Å². The van der Waals surface area contributed by atoms with Gasteiger partial charge in [-0.25, -0.2) is 13.4 Å². The van der Waals surface area contributed by atoms with Gasteiger partial charge in [-0.15, -0.1) is 0 Å². The predicted octanol–water partition coefficient (Wildman–Crippen LogP) is 3.25. The number of carbonyl (C=O) groups excluding carboxylic acids is 1. The first-order valence-electron chi connectivity index (χ1n) is 11.0. The number of amides is 1. The SMILES string of the molecule is O=C(Nc1ccc(S(=O)(=O)N2CCC(c3nc4ccccc4[nH]3)CC2)cc1)[C@@H]1CCCO1. The number of H-pyrrole nitrogens is 1. The average Bonchev–Trinajstić information content (AvgIpc) is 3.50. The molecule has 9 heteroatoms. The Morgan fingerprint density at radius 1 is 1.06 bits per heavy atom. The molecule has 1 atom stereocenters. The number of rotatable bonds is 5. The van der Waals surface area contributed by atoms with Gasteiger partial charge in [-0.3, -0.25) is 4.79 Å². The van der Waals surface area contributed by atoms with Crippen LogP contribution in [0.3, 0.4) is 0 Å². The van der Waals surface area contributed by atoms with Gasteiger partial charge in [-0.2, -0.15) is 4.31 Å². The quantitative estimate of drug-likeness (QED) is 0.616. The second kappa shape index (κ2) is 8.65. The lowest BCUT2D eigenvalue weighted by Gasteiger charge is -2.30. The lowest BCUT2D eigenvalue weighted by molar-refractivity contribution is -0.124. The number of aromatic amines is 1. The Morgan fingerprint density at radius 2 is 1.81 bits per heavy atom. The Bertz CT molecular complexity index is 1180. The number of anilines is 1. The highest BCUT2D eigenvalue weighted by molar-refractivity contribution is 7.89. The number of hydrogen-bond acceptors (Lipinski definition) is 5. The highest BCUT2D eigenvalue weighted by Gasteiger charge is 2.31. The summed E-state index contributed by atoms with van der Waals surface area (Å²) in [5, 5.41) is 2.79. The number of benzene rings is 2. The third-order valence-electron chi connectivity index (χ3n) is 6.23. The zero-order chi connectivity index (χ0) is 22.1. The lowest BCUT2D eigenvalue weighted by Crippen LogP contribution is -2.38. The number of aromatic nitrogens is 2. The van der Waals surface area contributed by atoms with Crippen LogP contribution in [0, 0.1) is 0 Å². The van der Waals surface area contributed by atoms with Crippen molar-refractivity contribution in [1.82, 2.24) is 14.3 Å². The normalized spacial score (nSPS) is 20.6. The van der Waals surface area contributed by atoms with Gasteiger partial charge in [0.25, 0.3) is 5.91 Å². The molecule has 2 aromatic carbocycles. The van der Waals surface area contributed by atoms with Crippen molar-refractivity contribution in [2.45, 2.75) is 42.6 Å². The van der Waals surface area contributed by atoms with Crippen LogP contribution < -0.4 is 5.32 Å². The van der Waals surface area contributed by atoms with Gasteiger partial charge in [0, 0.05) is 31.3 Å². The highest BCUT2D eigenvalue weighted by atomic mass is 32.2. The summed E-state index contributed by atoms with van der Waals surface area (Å²) >= 11 is 0. The molecule has 168 valence electrons. The van der Waals surface area contributed by atoms with Gasteiger partial charge in [0.15, 0.2) is 0 Å². The van der Waals surface area contributed by atoms with Crippen LogP contribution in [0.25, 0.3) is 11.0 Å². The molecule has 1 amide bonds. The summed E-state index contributed by atoms with van der Waals surface area (Å²) < 4.78 is 33.1. The number of nitrogens with one attached hydrogen (secondary N) is 2. The molecule has 2 aliphatic heterocycles. The van der Waals surface area contributed by atoms with Crippen LogP contribution in [-0.2, 0) is 19.6 Å². The van der Waals surface area contributed by atoms with E-state index < -0.39 is 16.1 Å². The molecule has 2 saturated heterocycles. The molecule has 0 bridgehead atoms. The second-order valence-corrected chi connectivity index (χ2v) is 10.3. The van der Waals surface area contributed by atoms with Crippen molar-refractivity contribution in [3.63, 3.8) is 0 Å². The molecule has 32 heavy (non-hydrogen) atoms. The number of imidazole rings is 1. The standard InChI is InChI=1S/C23H26N4O4S/c28-23(21-6-3-15-31-21)24-17-7-9-18(10-8-17)32(29,30)27-13-11-16(12-14-27)22-25-19-4-1-2-5-20(19)26-22/h1-2,4-5,7-10,16,21H,3,6,11-15H2,(H,24,28)(H,25,26)/t21-/m0/s1. The number of carbonyl (C=O) groups is 1. The first-order valence-corrected chi connectivity index (χ1v) is 12.4. The molecule has 5 rings (SSSR count). The van der Waals surface area contributed by atoms with Crippen LogP contribution in [0.5, 0.6) is 0 Å². The summed E-state index contributed by atoms with van der Waals surface area (Å²) in [5.74, 6) is 0.949. The van der Waals surface area contributed by atoms with E-state index in [2.05, 4.69) is 15.3 Å². The average molecular weight is 455 g/mol. The molecule has 0 radical (unpaired) electrons. The Balaban J connectivity index is 1.22. The summed E-state index contributed by atoms with van der Waals surface area (Å²) in [7, 11) is -3.59. The van der Waals surface area contributed by atoms with Crippen molar-refractivity contribution in [3.8, 4) is 0 Å². The third-order valence-corrected chi connectivity index (χ3v) is 8.14. The smallest absolute Gasteiger partial charge is 0.253 e. The monoisotopic (exact) mass is 454 g/mol. The third kappa shape index (κ3) is 4.15. The van der Waals surface area contributed by atoms with Gasteiger partial charge < -0.3 is 15.0 Å². The van der Waals surface area contributed by atoms with Gasteiger partial charge >= 0.3 is 0 Å². The topological polar surface area (TPSA) is 104 Å². The highest BCUT2D eigenvalue weighted by Crippen LogP contribution is 2.30. The molecule has 3 heterocycles. The number of hydrogen-bond donors (Lipinski definition) is 2. The Labute approximate surface area is 187 Å². The zero-order valence-electron chi connectivity index (χ0n) is 17.7. The maximum atomic E-state index is 13.1. The minimum atomic E-state index is -3.59. The van der Waals surface area contributed by atoms with E-state index in [9.17, 15) is 13.2 Å². The first kappa shape index (κ1) is 21.1. The van der Waals surface area contributed by atoms with Crippen LogP contribution in [0.1, 0.15) is 37.4 Å². The molecule has 0 aliphatic carbocycles. The van der Waals surface area contributed by atoms with E-state index in [4.69, 9.17) is 4.74 Å². The van der Waals surface area contributed by atoms with Gasteiger partial charge in [0.1, 0.15) is 11.9 Å². The summed E-state index contributed by atoms with van der Waals surface area (Å²) in [6.45, 7) is 1.49. The van der Waals surface area contributed by atoms with E-state index in [1.807, 2.05) is 24.3 Å². The fraction of sp³-hybridized carbons (Fsp3) is 0.391. The number of fused-ring (bicyclic) bond motifs is 1. The van der Waals surface area contributed by atoms with E-state index >= 15 is 0 Å². The molecule has 0 spiro atoms. The van der Waals surface area contributed by atoms with Crippen molar-refractivity contribution in [1.29, 1.82) is 0 Å². The van der Waals surface area contributed by atoms with Crippen molar-refractivity contribution in [3.05, 3.63) is 54.4 Å². The minimum Gasteiger partial charge on any atom is -0.368 e. The van der Waals surface area contributed by atoms with Crippen LogP contribution in [-0.4, -0.2) is 54.4 Å². The predicted molar refractivity (Wildman–Crippen MR) is 121 cm³/mol. The van der Waals surface area contributed by atoms with Gasteiger partial charge in [0.2, 0.25) is 10.0 Å². The van der Waals surface area contributed by atoms with Gasteiger partial charge in [-0.05, 0) is 62.1 Å². The summed E-state index contributed by atoms with van der Waals surface area (Å²) in [4.78, 5) is 20.5. The largest absolute Gasteiger partial charge is 0.368 e. The summed E-state index contributed by atoms with van der Waals surface area (Å²) in [5.41, 5.74) is 2.50. The molecule has 2 N–H and O–H groups in total. The van der Waals surface area contributed by atoms with Crippen molar-refractivity contribution in [2.24, 2.45) is 0 Å². The van der Waals surface area contributed by atoms with E-state index in [-0.39, 0.29) is 16.7 Å². The van der Waals surface area contributed by atoms with Crippen LogP contribution >= 0.6 is 0 Å². The number of piperidine rings is 1. The van der Waals surface area contributed by atoms with Crippen LogP contribution in [0.4, 0.5) is 5.69 Å². The molecule has 0 unspecified atom stereocenters. The maximum Gasteiger partial charge on any atom is 0.253 e. The van der Waals surface area contributed by atoms with E-state index in [1.165, 1.54) is 4.31 Å². The molecular formula is C23H26N4O4S. The molecule has 2 fully saturated rings. The lowest BCUT2D eigenvalue weighted by atomic mass is 9.97. The molecule has 2 aliphatic rings. The fourth-order valence-electron chi connectivity index (χ4n) is 4.40. The van der Waals surface area contributed by atoms with Gasteiger partial charge in [0.05, 0.1) is 15.9 Å². The fourth-order valence-corrected chi connectivity index (χ4v) is 5.87. The van der Waals surface area contributed by atoms with Crippen molar-refractivity contribution < 1.29 is 17.9 Å². The molecule has 3 aromatic rings. The second-order valence-electron chi connectivity index (χ2n) is 8.33. The van der Waals surface area contributed by atoms with Crippen LogP contribution in [0.2, 0.25) is 0 Å². The number of sulfonamides is 1.